The summed E-state index contributed by atoms with van der Waals surface area (Å²) in [4.78, 5) is 10.1. The number of methoxy groups -OCH3 is 1. The second kappa shape index (κ2) is 7.78. The standard InChI is InChI=1S/C15H13ClF2N2O4/c1-23-13-5-2-10(16)6-9(13)8-19-11-3-4-12(20(21)22)14(7-11)24-15(17)18/h2-7,15,19H,8H2,1H3. The van der Waals surface area contributed by atoms with Gasteiger partial charge in [-0.15, -0.1) is 0 Å². The van der Waals surface area contributed by atoms with E-state index in [4.69, 9.17) is 16.3 Å². The van der Waals surface area contributed by atoms with Crippen molar-refractivity contribution in [1.29, 1.82) is 0 Å². The van der Waals surface area contributed by atoms with Gasteiger partial charge in [0.2, 0.25) is 5.75 Å². The molecule has 1 N–H and O–H groups in total. The Morgan fingerprint density at radius 2 is 2.00 bits per heavy atom. The molecule has 0 aliphatic heterocycles. The van der Waals surface area contributed by atoms with Crippen LogP contribution in [0.5, 0.6) is 11.5 Å². The average molecular weight is 359 g/mol. The number of nitro benzene ring substituents is 1. The third kappa shape index (κ3) is 4.45. The molecule has 0 spiro atoms. The first kappa shape index (κ1) is 17.7. The molecule has 0 radical (unpaired) electrons. The SMILES string of the molecule is COc1ccc(Cl)cc1CNc1ccc([N+](=O)[O-])c(OC(F)F)c1. The molecule has 128 valence electrons. The Morgan fingerprint density at radius 3 is 2.62 bits per heavy atom. The van der Waals surface area contributed by atoms with Crippen molar-refractivity contribution < 1.29 is 23.2 Å². The lowest BCUT2D eigenvalue weighted by atomic mass is 10.2. The highest BCUT2D eigenvalue weighted by atomic mass is 35.5. The van der Waals surface area contributed by atoms with Crippen molar-refractivity contribution >= 4 is 23.0 Å². The summed E-state index contributed by atoms with van der Waals surface area (Å²) in [7, 11) is 1.51. The first-order valence-electron chi connectivity index (χ1n) is 6.70. The molecule has 0 bridgehead atoms. The summed E-state index contributed by atoms with van der Waals surface area (Å²) in [6.45, 7) is -2.89. The Hall–Kier alpha value is -2.61. The van der Waals surface area contributed by atoms with Crippen molar-refractivity contribution in [1.82, 2.24) is 0 Å². The molecule has 0 aliphatic rings. The molecule has 2 aromatic rings. The van der Waals surface area contributed by atoms with Crippen LogP contribution >= 0.6 is 11.6 Å². The number of hydrogen-bond donors (Lipinski definition) is 1. The van der Waals surface area contributed by atoms with E-state index in [1.54, 1.807) is 18.2 Å². The predicted molar refractivity (Wildman–Crippen MR) is 85.1 cm³/mol. The Bertz CT molecular complexity index is 743. The third-order valence-electron chi connectivity index (χ3n) is 3.10. The Balaban J connectivity index is 2.21. The van der Waals surface area contributed by atoms with Crippen LogP contribution in [0.2, 0.25) is 5.02 Å². The van der Waals surface area contributed by atoms with E-state index in [1.807, 2.05) is 0 Å². The number of nitrogens with zero attached hydrogens (tertiary/aromatic N) is 1. The van der Waals surface area contributed by atoms with Gasteiger partial charge in [0, 0.05) is 35.0 Å². The van der Waals surface area contributed by atoms with Gasteiger partial charge < -0.3 is 14.8 Å². The van der Waals surface area contributed by atoms with Gasteiger partial charge in [0.1, 0.15) is 5.75 Å². The van der Waals surface area contributed by atoms with E-state index >= 15 is 0 Å². The highest BCUT2D eigenvalue weighted by molar-refractivity contribution is 6.30. The average Bonchev–Trinajstić information content (AvgIpc) is 2.52. The molecule has 0 atom stereocenters. The van der Waals surface area contributed by atoms with Crippen LogP contribution in [0.3, 0.4) is 0 Å². The molecular formula is C15H13ClF2N2O4. The number of ether oxygens (including phenoxy) is 2. The summed E-state index contributed by atoms with van der Waals surface area (Å²) < 4.78 is 34.2. The molecule has 0 aliphatic carbocycles. The van der Waals surface area contributed by atoms with Crippen LogP contribution in [0, 0.1) is 10.1 Å². The monoisotopic (exact) mass is 358 g/mol. The molecule has 0 fully saturated rings. The van der Waals surface area contributed by atoms with Gasteiger partial charge in [-0.3, -0.25) is 10.1 Å². The summed E-state index contributed by atoms with van der Waals surface area (Å²) in [6, 6.07) is 8.68. The summed E-state index contributed by atoms with van der Waals surface area (Å²) in [5, 5.41) is 14.3. The minimum atomic E-state index is -3.16. The van der Waals surface area contributed by atoms with Gasteiger partial charge in [-0.1, -0.05) is 11.6 Å². The van der Waals surface area contributed by atoms with Crippen molar-refractivity contribution in [2.45, 2.75) is 13.2 Å². The van der Waals surface area contributed by atoms with E-state index in [-0.39, 0.29) is 6.54 Å². The molecule has 0 saturated heterocycles. The number of nitrogens with one attached hydrogen (secondary N) is 1. The van der Waals surface area contributed by atoms with Gasteiger partial charge in [-0.05, 0) is 24.3 Å². The van der Waals surface area contributed by atoms with Gasteiger partial charge in [0.25, 0.3) is 0 Å². The lowest BCUT2D eigenvalue weighted by molar-refractivity contribution is -0.386. The van der Waals surface area contributed by atoms with Crippen LogP contribution < -0.4 is 14.8 Å². The topological polar surface area (TPSA) is 73.6 Å². The maximum atomic E-state index is 12.4. The van der Waals surface area contributed by atoms with Crippen molar-refractivity contribution in [3.05, 3.63) is 57.1 Å². The fraction of sp³-hybridized carbons (Fsp3) is 0.200. The minimum Gasteiger partial charge on any atom is -0.496 e. The predicted octanol–water partition coefficient (Wildman–Crippen LogP) is 4.47. The summed E-state index contributed by atoms with van der Waals surface area (Å²) in [5.74, 6) is 0.0796. The molecule has 9 heteroatoms. The van der Waals surface area contributed by atoms with E-state index < -0.39 is 23.0 Å². The fourth-order valence-corrected chi connectivity index (χ4v) is 2.24. The minimum absolute atomic E-state index is 0.273. The van der Waals surface area contributed by atoms with Crippen LogP contribution in [0.4, 0.5) is 20.2 Å². The van der Waals surface area contributed by atoms with Crippen molar-refractivity contribution in [3.63, 3.8) is 0 Å². The van der Waals surface area contributed by atoms with Crippen LogP contribution in [-0.4, -0.2) is 18.6 Å². The molecule has 0 saturated carbocycles. The first-order chi connectivity index (χ1) is 11.4. The van der Waals surface area contributed by atoms with Crippen LogP contribution in [0.25, 0.3) is 0 Å². The van der Waals surface area contributed by atoms with Gasteiger partial charge >= 0.3 is 12.3 Å². The highest BCUT2D eigenvalue weighted by Crippen LogP contribution is 2.32. The number of nitro groups is 1. The molecule has 0 heterocycles. The van der Waals surface area contributed by atoms with Crippen LogP contribution in [0.15, 0.2) is 36.4 Å². The fourth-order valence-electron chi connectivity index (χ4n) is 2.05. The van der Waals surface area contributed by atoms with E-state index in [9.17, 15) is 18.9 Å². The Kier molecular flexibility index (Phi) is 5.75. The van der Waals surface area contributed by atoms with Gasteiger partial charge in [0.15, 0.2) is 0 Å². The molecule has 0 amide bonds. The van der Waals surface area contributed by atoms with E-state index in [2.05, 4.69) is 10.1 Å². The summed E-state index contributed by atoms with van der Waals surface area (Å²) in [5.41, 5.74) is 0.569. The Labute approximate surface area is 141 Å². The third-order valence-corrected chi connectivity index (χ3v) is 3.33. The molecule has 0 unspecified atom stereocenters. The van der Waals surface area contributed by atoms with Gasteiger partial charge in [-0.25, -0.2) is 0 Å². The number of halogens is 3. The van der Waals surface area contributed by atoms with Crippen molar-refractivity contribution in [2.75, 3.05) is 12.4 Å². The normalized spacial score (nSPS) is 10.5. The lowest BCUT2D eigenvalue weighted by Crippen LogP contribution is -2.06. The molecular weight excluding hydrogens is 346 g/mol. The highest BCUT2D eigenvalue weighted by Gasteiger charge is 2.19. The number of hydrogen-bond acceptors (Lipinski definition) is 5. The molecule has 0 aromatic heterocycles. The van der Waals surface area contributed by atoms with Gasteiger partial charge in [0.05, 0.1) is 12.0 Å². The largest absolute Gasteiger partial charge is 0.496 e. The Morgan fingerprint density at radius 1 is 1.25 bits per heavy atom. The second-order valence-electron chi connectivity index (χ2n) is 4.63. The smallest absolute Gasteiger partial charge is 0.387 e. The van der Waals surface area contributed by atoms with Crippen LogP contribution in [0.1, 0.15) is 5.56 Å². The van der Waals surface area contributed by atoms with Crippen molar-refractivity contribution in [3.8, 4) is 11.5 Å². The maximum absolute atomic E-state index is 12.4. The number of rotatable bonds is 7. The zero-order valence-corrected chi connectivity index (χ0v) is 13.2. The quantitative estimate of drug-likeness (QED) is 0.584. The van der Waals surface area contributed by atoms with E-state index in [0.717, 1.165) is 17.7 Å². The zero-order chi connectivity index (χ0) is 17.7. The number of benzene rings is 2. The second-order valence-corrected chi connectivity index (χ2v) is 5.06. The lowest BCUT2D eigenvalue weighted by Gasteiger charge is -2.12. The summed E-state index contributed by atoms with van der Waals surface area (Å²) in [6.07, 6.45) is 0. The molecule has 24 heavy (non-hydrogen) atoms. The maximum Gasteiger partial charge on any atom is 0.387 e. The summed E-state index contributed by atoms with van der Waals surface area (Å²) >= 11 is 5.93. The van der Waals surface area contributed by atoms with E-state index in [0.29, 0.717) is 16.5 Å². The first-order valence-corrected chi connectivity index (χ1v) is 7.08. The zero-order valence-electron chi connectivity index (χ0n) is 12.5. The van der Waals surface area contributed by atoms with Gasteiger partial charge in [-0.2, -0.15) is 8.78 Å². The van der Waals surface area contributed by atoms with E-state index in [1.165, 1.54) is 13.2 Å². The molecule has 2 rings (SSSR count). The van der Waals surface area contributed by atoms with Crippen molar-refractivity contribution in [2.24, 2.45) is 0 Å². The number of alkyl halides is 2. The number of anilines is 1. The molecule has 6 nitrogen and oxygen atoms in total. The molecule has 2 aromatic carbocycles. The van der Waals surface area contributed by atoms with Crippen LogP contribution in [-0.2, 0) is 6.54 Å².